The van der Waals surface area contributed by atoms with E-state index in [0.29, 0.717) is 0 Å². The van der Waals surface area contributed by atoms with Gasteiger partial charge in [0, 0.05) is 13.2 Å². The van der Waals surface area contributed by atoms with Gasteiger partial charge in [0.25, 0.3) is 0 Å². The molecule has 0 spiro atoms. The summed E-state index contributed by atoms with van der Waals surface area (Å²) in [5.74, 6) is 0. The van der Waals surface area contributed by atoms with Crippen LogP contribution in [0.1, 0.15) is 142 Å². The van der Waals surface area contributed by atoms with Crippen LogP contribution in [0.2, 0.25) is 0 Å². The number of unbranched alkanes of at least 4 members (excludes halogenated alkanes) is 18. The summed E-state index contributed by atoms with van der Waals surface area (Å²) in [4.78, 5) is 0. The third-order valence-corrected chi connectivity index (χ3v) is 7.17. The van der Waals surface area contributed by atoms with Crippen LogP contribution >= 0.6 is 0 Å². The fourth-order valence-electron chi connectivity index (χ4n) is 4.75. The second-order valence-corrected chi connectivity index (χ2v) is 10.7. The van der Waals surface area contributed by atoms with E-state index in [1.807, 2.05) is 12.1 Å². The molecule has 2 aromatic rings. The van der Waals surface area contributed by atoms with Crippen molar-refractivity contribution in [2.24, 2.45) is 0 Å². The molecular formula is C36H61KO. The smallest absolute Gasteiger partial charge is 0.0184 e. The van der Waals surface area contributed by atoms with Gasteiger partial charge in [-0.2, -0.15) is 0 Å². The van der Waals surface area contributed by atoms with Crippen LogP contribution < -0.4 is 0 Å². The molecule has 0 atom stereocenters. The van der Waals surface area contributed by atoms with E-state index in [9.17, 15) is 0 Å². The van der Waals surface area contributed by atoms with Crippen molar-refractivity contribution >= 4 is 51.4 Å². The molecule has 2 rings (SSSR count). The molecule has 2 aromatic carbocycles. The summed E-state index contributed by atoms with van der Waals surface area (Å²) in [6.07, 6.45) is 28.2. The molecule has 0 aliphatic carbocycles. The van der Waals surface area contributed by atoms with Gasteiger partial charge in [-0.25, -0.2) is 0 Å². The van der Waals surface area contributed by atoms with Gasteiger partial charge in [-0.3, -0.25) is 0 Å². The molecule has 38 heavy (non-hydrogen) atoms. The molecule has 0 fully saturated rings. The number of rotatable bonds is 23. The number of hydrogen-bond donors (Lipinski definition) is 0. The minimum absolute atomic E-state index is 0. The maximum Gasteiger partial charge on any atom is -0.0184 e. The standard InChI is InChI=1S/C24H50O.C12H10.K.H/c1-3-5-7-9-11-13-15-17-19-21-23-25-24-22-20-18-16-14-12-10-8-6-4-2;1-3-7-11(8-4-1)12-9-5-2-6-10-12;;/h3-24H2,1-2H3;1-10H;;. The normalized spacial score (nSPS) is 10.5. The predicted octanol–water partition coefficient (Wildman–Crippen LogP) is 11.5. The molecule has 0 saturated heterocycles. The van der Waals surface area contributed by atoms with Crippen molar-refractivity contribution in [1.29, 1.82) is 0 Å². The molecule has 212 valence electrons. The number of ether oxygens (including phenoxy) is 1. The summed E-state index contributed by atoms with van der Waals surface area (Å²) < 4.78 is 5.78. The Hall–Kier alpha value is 0.0364. The van der Waals surface area contributed by atoms with Gasteiger partial charge in [0.1, 0.15) is 0 Å². The summed E-state index contributed by atoms with van der Waals surface area (Å²) in [5.41, 5.74) is 2.55. The monoisotopic (exact) mass is 548 g/mol. The predicted molar refractivity (Wildman–Crippen MR) is 174 cm³/mol. The third kappa shape index (κ3) is 25.0. The largest absolute Gasteiger partial charge is 0.0622 e. The second kappa shape index (κ2) is 31.6. The van der Waals surface area contributed by atoms with Crippen LogP contribution in [0, 0.1) is 0 Å². The van der Waals surface area contributed by atoms with Crippen molar-refractivity contribution in [3.8, 4) is 11.1 Å². The van der Waals surface area contributed by atoms with E-state index in [-0.39, 0.29) is 51.4 Å². The average molecular weight is 549 g/mol. The zero-order chi connectivity index (χ0) is 26.5. The molecule has 1 nitrogen and oxygen atoms in total. The summed E-state index contributed by atoms with van der Waals surface area (Å²) in [6.45, 7) is 6.57. The molecule has 0 saturated carbocycles. The Morgan fingerprint density at radius 2 is 0.632 bits per heavy atom. The van der Waals surface area contributed by atoms with Crippen LogP contribution in [0.4, 0.5) is 0 Å². The van der Waals surface area contributed by atoms with Crippen molar-refractivity contribution < 1.29 is 4.74 Å². The topological polar surface area (TPSA) is 9.23 Å². The maximum atomic E-state index is 5.78. The summed E-state index contributed by atoms with van der Waals surface area (Å²) in [7, 11) is 0. The molecule has 0 heterocycles. The van der Waals surface area contributed by atoms with Crippen molar-refractivity contribution in [2.75, 3.05) is 13.2 Å². The Kier molecular flexibility index (Phi) is 31.6. The fourth-order valence-corrected chi connectivity index (χ4v) is 4.75. The molecule has 0 aliphatic heterocycles. The molecule has 0 radical (unpaired) electrons. The van der Waals surface area contributed by atoms with Crippen LogP contribution in [0.3, 0.4) is 0 Å². The number of benzene rings is 2. The van der Waals surface area contributed by atoms with E-state index < -0.39 is 0 Å². The summed E-state index contributed by atoms with van der Waals surface area (Å²) in [6, 6.07) is 20.8. The van der Waals surface area contributed by atoms with Crippen molar-refractivity contribution in [1.82, 2.24) is 0 Å². The molecule has 0 amide bonds. The first-order valence-electron chi connectivity index (χ1n) is 16.1. The van der Waals surface area contributed by atoms with Gasteiger partial charge in [0.15, 0.2) is 0 Å². The SMILES string of the molecule is CCCCCCCCCCCCOCCCCCCCCCCCC.[KH].c1ccc(-c2ccccc2)cc1. The second-order valence-electron chi connectivity index (χ2n) is 10.7. The molecular weight excluding hydrogens is 487 g/mol. The number of hydrogen-bond acceptors (Lipinski definition) is 1. The van der Waals surface area contributed by atoms with Crippen LogP contribution in [0.15, 0.2) is 60.7 Å². The Labute approximate surface area is 280 Å². The van der Waals surface area contributed by atoms with Gasteiger partial charge in [0.2, 0.25) is 0 Å². The first-order valence-corrected chi connectivity index (χ1v) is 16.1. The third-order valence-electron chi connectivity index (χ3n) is 7.17. The quantitative estimate of drug-likeness (QED) is 0.0991. The van der Waals surface area contributed by atoms with Gasteiger partial charge in [-0.15, -0.1) is 0 Å². The van der Waals surface area contributed by atoms with Crippen LogP contribution in [-0.2, 0) is 4.74 Å². The molecule has 2 heteroatoms. The van der Waals surface area contributed by atoms with E-state index in [2.05, 4.69) is 62.4 Å². The minimum atomic E-state index is 0. The Bertz CT molecular complexity index is 613. The molecule has 0 bridgehead atoms. The fraction of sp³-hybridized carbons (Fsp3) is 0.667. The van der Waals surface area contributed by atoms with E-state index in [1.165, 1.54) is 140 Å². The van der Waals surface area contributed by atoms with Gasteiger partial charge in [-0.1, -0.05) is 190 Å². The summed E-state index contributed by atoms with van der Waals surface area (Å²) >= 11 is 0. The first-order chi connectivity index (χ1) is 18.4. The van der Waals surface area contributed by atoms with Gasteiger partial charge in [-0.05, 0) is 24.0 Å². The van der Waals surface area contributed by atoms with Crippen LogP contribution in [0.25, 0.3) is 11.1 Å². The van der Waals surface area contributed by atoms with Gasteiger partial charge >= 0.3 is 51.4 Å². The zero-order valence-electron chi connectivity index (χ0n) is 24.7. The van der Waals surface area contributed by atoms with Gasteiger partial charge in [0.05, 0.1) is 0 Å². The maximum absolute atomic E-state index is 5.78. The molecule has 0 aliphatic rings. The Balaban J connectivity index is 0.000000868. The minimum Gasteiger partial charge on any atom is -0.0622 e. The van der Waals surface area contributed by atoms with Gasteiger partial charge < -0.3 is 4.74 Å². The summed E-state index contributed by atoms with van der Waals surface area (Å²) in [5, 5.41) is 0. The van der Waals surface area contributed by atoms with Crippen LogP contribution in [-0.4, -0.2) is 64.6 Å². The van der Waals surface area contributed by atoms with Crippen LogP contribution in [0.5, 0.6) is 0 Å². The van der Waals surface area contributed by atoms with Crippen molar-refractivity contribution in [2.45, 2.75) is 142 Å². The van der Waals surface area contributed by atoms with E-state index >= 15 is 0 Å². The first kappa shape index (κ1) is 38.0. The average Bonchev–Trinajstić information content (AvgIpc) is 2.95. The van der Waals surface area contributed by atoms with Crippen molar-refractivity contribution in [3.63, 3.8) is 0 Å². The van der Waals surface area contributed by atoms with Crippen molar-refractivity contribution in [3.05, 3.63) is 60.7 Å². The molecule has 0 unspecified atom stereocenters. The zero-order valence-corrected chi connectivity index (χ0v) is 24.7. The Morgan fingerprint density at radius 3 is 0.921 bits per heavy atom. The van der Waals surface area contributed by atoms with E-state index in [0.717, 1.165) is 13.2 Å². The van der Waals surface area contributed by atoms with E-state index in [4.69, 9.17) is 4.74 Å². The molecule has 0 N–H and O–H groups in total. The molecule has 0 aromatic heterocycles. The Morgan fingerprint density at radius 1 is 0.368 bits per heavy atom. The van der Waals surface area contributed by atoms with E-state index in [1.54, 1.807) is 0 Å².